The quantitative estimate of drug-likeness (QED) is 0.532. The van der Waals surface area contributed by atoms with Crippen molar-refractivity contribution in [2.45, 2.75) is 18.4 Å². The number of anilines is 1. The molecule has 2 atom stereocenters. The third-order valence-corrected chi connectivity index (χ3v) is 5.98. The number of H-pyrrole nitrogens is 1. The molecule has 0 fully saturated rings. The van der Waals surface area contributed by atoms with Gasteiger partial charge in [-0.25, -0.2) is 10.1 Å². The number of nitrogens with one attached hydrogen (secondary N) is 2. The molecule has 2 N–H and O–H groups in total. The van der Waals surface area contributed by atoms with E-state index in [-0.39, 0.29) is 17.4 Å². The van der Waals surface area contributed by atoms with Crippen LogP contribution in [0.5, 0.6) is 0 Å². The molecule has 2 aromatic carbocycles. The molecule has 2 aromatic heterocycles. The molecule has 4 aromatic rings. The Morgan fingerprint density at radius 2 is 1.97 bits per heavy atom. The maximum atomic E-state index is 12.5. The van der Waals surface area contributed by atoms with Gasteiger partial charge in [-0.3, -0.25) is 9.48 Å². The number of aromatic nitrogens is 5. The lowest BCUT2D eigenvalue weighted by Gasteiger charge is -2.25. The smallest absolute Gasteiger partial charge is 0.272 e. The number of nitrogens with zero attached hydrogens (tertiary/aromatic N) is 5. The van der Waals surface area contributed by atoms with Gasteiger partial charge in [0.15, 0.2) is 0 Å². The first kappa shape index (κ1) is 19.4. The SMILES string of the molecule is CN(C)Cc1ccc(C2CNc3cccc4c(=O)[nH]nc(c34)C2c2ncnn2C)cc1. The summed E-state index contributed by atoms with van der Waals surface area (Å²) < 4.78 is 1.80. The average molecular weight is 416 g/mol. The molecule has 0 radical (unpaired) electrons. The zero-order valence-electron chi connectivity index (χ0n) is 17.8. The fourth-order valence-electron chi connectivity index (χ4n) is 4.58. The molecule has 158 valence electrons. The third-order valence-electron chi connectivity index (χ3n) is 5.98. The highest BCUT2D eigenvalue weighted by Crippen LogP contribution is 2.43. The summed E-state index contributed by atoms with van der Waals surface area (Å²) in [5.74, 6) is 0.717. The summed E-state index contributed by atoms with van der Waals surface area (Å²) in [7, 11) is 6.03. The highest BCUT2D eigenvalue weighted by atomic mass is 16.1. The van der Waals surface area contributed by atoms with Gasteiger partial charge >= 0.3 is 0 Å². The van der Waals surface area contributed by atoms with E-state index in [2.05, 4.69) is 68.9 Å². The summed E-state index contributed by atoms with van der Waals surface area (Å²) in [4.78, 5) is 19.2. The Labute approximate surface area is 179 Å². The summed E-state index contributed by atoms with van der Waals surface area (Å²) in [6.45, 7) is 1.58. The van der Waals surface area contributed by atoms with Crippen molar-refractivity contribution < 1.29 is 0 Å². The van der Waals surface area contributed by atoms with Gasteiger partial charge in [-0.05, 0) is 37.4 Å². The van der Waals surface area contributed by atoms with Crippen LogP contribution in [-0.2, 0) is 13.6 Å². The summed E-state index contributed by atoms with van der Waals surface area (Å²) in [6, 6.07) is 14.5. The molecule has 0 aliphatic carbocycles. The first-order valence-electron chi connectivity index (χ1n) is 10.4. The minimum Gasteiger partial charge on any atom is -0.384 e. The number of hydrogen-bond donors (Lipinski definition) is 2. The number of aryl methyl sites for hydroxylation is 1. The maximum Gasteiger partial charge on any atom is 0.272 e. The molecule has 2 unspecified atom stereocenters. The van der Waals surface area contributed by atoms with Gasteiger partial charge in [0.05, 0.1) is 17.0 Å². The van der Waals surface area contributed by atoms with Crippen LogP contribution in [0.2, 0.25) is 0 Å². The highest BCUT2D eigenvalue weighted by Gasteiger charge is 2.35. The van der Waals surface area contributed by atoms with Gasteiger partial charge in [-0.2, -0.15) is 10.2 Å². The van der Waals surface area contributed by atoms with E-state index >= 15 is 0 Å². The second kappa shape index (κ2) is 7.63. The minimum atomic E-state index is -0.189. The zero-order chi connectivity index (χ0) is 21.5. The van der Waals surface area contributed by atoms with Gasteiger partial charge in [-0.1, -0.05) is 30.3 Å². The summed E-state index contributed by atoms with van der Waals surface area (Å²) in [6.07, 6.45) is 1.57. The van der Waals surface area contributed by atoms with E-state index in [1.54, 1.807) is 11.0 Å². The fraction of sp³-hybridized carbons (Fsp3) is 0.304. The van der Waals surface area contributed by atoms with Crippen LogP contribution in [0.4, 0.5) is 5.69 Å². The van der Waals surface area contributed by atoms with Crippen molar-refractivity contribution in [2.24, 2.45) is 7.05 Å². The predicted octanol–water partition coefficient (Wildman–Crippen LogP) is 2.45. The van der Waals surface area contributed by atoms with Gasteiger partial charge in [0, 0.05) is 37.1 Å². The normalized spacial score (nSPS) is 18.2. The first-order valence-corrected chi connectivity index (χ1v) is 10.4. The van der Waals surface area contributed by atoms with Crippen LogP contribution in [0.15, 0.2) is 53.6 Å². The Bertz CT molecular complexity index is 1290. The number of hydrogen-bond acceptors (Lipinski definition) is 6. The second-order valence-corrected chi connectivity index (χ2v) is 8.35. The van der Waals surface area contributed by atoms with E-state index in [1.165, 1.54) is 11.1 Å². The van der Waals surface area contributed by atoms with Crippen molar-refractivity contribution in [3.8, 4) is 0 Å². The summed E-state index contributed by atoms with van der Waals surface area (Å²) in [5, 5.41) is 16.6. The van der Waals surface area contributed by atoms with Crippen LogP contribution in [0, 0.1) is 0 Å². The lowest BCUT2D eigenvalue weighted by atomic mass is 9.82. The lowest BCUT2D eigenvalue weighted by Crippen LogP contribution is -2.23. The van der Waals surface area contributed by atoms with Gasteiger partial charge in [0.1, 0.15) is 12.2 Å². The molecule has 0 saturated carbocycles. The summed E-state index contributed by atoms with van der Waals surface area (Å²) >= 11 is 0. The maximum absolute atomic E-state index is 12.5. The lowest BCUT2D eigenvalue weighted by molar-refractivity contribution is 0.402. The fourth-order valence-corrected chi connectivity index (χ4v) is 4.58. The largest absolute Gasteiger partial charge is 0.384 e. The Morgan fingerprint density at radius 1 is 1.16 bits per heavy atom. The Balaban J connectivity index is 1.70. The van der Waals surface area contributed by atoms with Crippen LogP contribution < -0.4 is 10.9 Å². The molecule has 0 bridgehead atoms. The number of aromatic amines is 1. The van der Waals surface area contributed by atoms with Crippen molar-refractivity contribution >= 4 is 16.5 Å². The van der Waals surface area contributed by atoms with Gasteiger partial charge in [0.25, 0.3) is 5.56 Å². The molecule has 31 heavy (non-hydrogen) atoms. The van der Waals surface area contributed by atoms with E-state index in [0.717, 1.165) is 29.1 Å². The Hall–Kier alpha value is -3.52. The highest BCUT2D eigenvalue weighted by molar-refractivity contribution is 5.96. The van der Waals surface area contributed by atoms with E-state index in [0.29, 0.717) is 11.9 Å². The van der Waals surface area contributed by atoms with Gasteiger partial charge in [-0.15, -0.1) is 0 Å². The van der Waals surface area contributed by atoms with Crippen molar-refractivity contribution in [3.05, 3.63) is 81.8 Å². The number of benzene rings is 2. The molecule has 5 rings (SSSR count). The van der Waals surface area contributed by atoms with E-state index in [9.17, 15) is 4.79 Å². The molecule has 8 heteroatoms. The van der Waals surface area contributed by atoms with Crippen molar-refractivity contribution in [2.75, 3.05) is 26.0 Å². The molecule has 8 nitrogen and oxygen atoms in total. The second-order valence-electron chi connectivity index (χ2n) is 8.35. The molecule has 0 spiro atoms. The first-order chi connectivity index (χ1) is 15.0. The molecule has 3 heterocycles. The van der Waals surface area contributed by atoms with Crippen LogP contribution in [0.25, 0.3) is 10.8 Å². The van der Waals surface area contributed by atoms with Crippen molar-refractivity contribution in [1.82, 2.24) is 29.9 Å². The monoisotopic (exact) mass is 415 g/mol. The van der Waals surface area contributed by atoms with Gasteiger partial charge in [0.2, 0.25) is 0 Å². The Morgan fingerprint density at radius 3 is 2.68 bits per heavy atom. The average Bonchev–Trinajstić information content (AvgIpc) is 3.10. The van der Waals surface area contributed by atoms with Gasteiger partial charge < -0.3 is 10.2 Å². The van der Waals surface area contributed by atoms with E-state index in [1.807, 2.05) is 25.2 Å². The van der Waals surface area contributed by atoms with Crippen LogP contribution in [-0.4, -0.2) is 50.5 Å². The molecule has 0 saturated heterocycles. The third kappa shape index (κ3) is 3.38. The Kier molecular flexibility index (Phi) is 4.78. The summed E-state index contributed by atoms with van der Waals surface area (Å²) in [5.41, 5.74) is 4.00. The van der Waals surface area contributed by atoms with E-state index in [4.69, 9.17) is 0 Å². The standard InChI is InChI=1S/C23H25N7O/c1-29(2)12-14-7-9-15(10-8-14)17-11-24-18-6-4-5-16-19(18)21(27-28-23(16)31)20(17)22-25-13-26-30(22)3/h4-10,13,17,20,24H,11-12H2,1-3H3,(H,28,31). The van der Waals surface area contributed by atoms with Crippen LogP contribution in [0.1, 0.15) is 34.5 Å². The predicted molar refractivity (Wildman–Crippen MR) is 120 cm³/mol. The topological polar surface area (TPSA) is 91.7 Å². The molecule has 0 amide bonds. The van der Waals surface area contributed by atoms with Crippen LogP contribution in [0.3, 0.4) is 0 Å². The minimum absolute atomic E-state index is 0.0605. The van der Waals surface area contributed by atoms with Crippen molar-refractivity contribution in [3.63, 3.8) is 0 Å². The molecular formula is C23H25N7O. The van der Waals surface area contributed by atoms with Crippen LogP contribution >= 0.6 is 0 Å². The van der Waals surface area contributed by atoms with E-state index < -0.39 is 0 Å². The molecule has 1 aliphatic rings. The molecular weight excluding hydrogens is 390 g/mol. The molecule has 1 aliphatic heterocycles. The number of rotatable bonds is 4. The van der Waals surface area contributed by atoms with Crippen molar-refractivity contribution in [1.29, 1.82) is 0 Å². The zero-order valence-corrected chi connectivity index (χ0v) is 17.8.